The lowest BCUT2D eigenvalue weighted by atomic mass is 10.0. The van der Waals surface area contributed by atoms with Gasteiger partial charge in [0.2, 0.25) is 0 Å². The van der Waals surface area contributed by atoms with E-state index in [0.29, 0.717) is 24.5 Å². The predicted octanol–water partition coefficient (Wildman–Crippen LogP) is 3.09. The molecular formula is C24H32NO7+. The number of carboxylic acid groups (broad SMARTS) is 1. The molecule has 0 bridgehead atoms. The Hall–Kier alpha value is -3.10. The van der Waals surface area contributed by atoms with Crippen LogP contribution in [0.1, 0.15) is 31.9 Å². The quantitative estimate of drug-likeness (QED) is 0.482. The summed E-state index contributed by atoms with van der Waals surface area (Å²) in [6.45, 7) is 6.15. The fourth-order valence-electron chi connectivity index (χ4n) is 3.13. The van der Waals surface area contributed by atoms with E-state index >= 15 is 0 Å². The van der Waals surface area contributed by atoms with E-state index in [0.717, 1.165) is 16.8 Å². The van der Waals surface area contributed by atoms with Gasteiger partial charge in [-0.1, -0.05) is 12.1 Å². The normalized spacial score (nSPS) is 11.8. The minimum atomic E-state index is -1.00. The van der Waals surface area contributed by atoms with Crippen molar-refractivity contribution in [3.8, 4) is 11.5 Å². The van der Waals surface area contributed by atoms with Crippen molar-refractivity contribution in [2.45, 2.75) is 45.8 Å². The van der Waals surface area contributed by atoms with Crippen molar-refractivity contribution >= 4 is 17.7 Å². The third-order valence-electron chi connectivity index (χ3n) is 4.57. The third-order valence-corrected chi connectivity index (χ3v) is 4.57. The summed E-state index contributed by atoms with van der Waals surface area (Å²) in [5.41, 5.74) is 2.38. The number of rotatable bonds is 12. The molecule has 0 radical (unpaired) electrons. The van der Waals surface area contributed by atoms with Crippen LogP contribution in [-0.4, -0.2) is 49.7 Å². The summed E-state index contributed by atoms with van der Waals surface area (Å²) in [5, 5.41) is 10.8. The van der Waals surface area contributed by atoms with Gasteiger partial charge < -0.3 is 24.1 Å². The van der Waals surface area contributed by atoms with Crippen molar-refractivity contribution in [1.82, 2.24) is 0 Å². The molecule has 1 atom stereocenters. The average molecular weight is 447 g/mol. The highest BCUT2D eigenvalue weighted by Crippen LogP contribution is 2.23. The summed E-state index contributed by atoms with van der Waals surface area (Å²) >= 11 is 0. The maximum absolute atomic E-state index is 12.1. The fraction of sp³-hybridized carbons (Fsp3) is 0.417. The van der Waals surface area contributed by atoms with Crippen molar-refractivity contribution < 1.29 is 39.0 Å². The van der Waals surface area contributed by atoms with Gasteiger partial charge in [0.25, 0.3) is 0 Å². The molecule has 3 N–H and O–H groups in total. The van der Waals surface area contributed by atoms with Crippen molar-refractivity contribution in [3.63, 3.8) is 0 Å². The highest BCUT2D eigenvalue weighted by Gasteiger charge is 2.21. The van der Waals surface area contributed by atoms with E-state index in [-0.39, 0.29) is 19.1 Å². The number of primary amides is 1. The Morgan fingerprint density at radius 1 is 1.09 bits per heavy atom. The summed E-state index contributed by atoms with van der Waals surface area (Å²) in [6, 6.07) is 12.6. The summed E-state index contributed by atoms with van der Waals surface area (Å²) in [4.78, 5) is 23.6. The van der Waals surface area contributed by atoms with Crippen molar-refractivity contribution in [2.24, 2.45) is 0 Å². The Labute approximate surface area is 188 Å². The number of carbonyl (C=O) groups is 2. The molecule has 0 aliphatic rings. The zero-order chi connectivity index (χ0) is 23.5. The number of hydrogen-bond acceptors (Lipinski definition) is 6. The second kappa shape index (κ2) is 12.7. The van der Waals surface area contributed by atoms with Crippen LogP contribution in [0.3, 0.4) is 0 Å². The van der Waals surface area contributed by atoms with Crippen LogP contribution >= 0.6 is 0 Å². The molecule has 8 heteroatoms. The van der Waals surface area contributed by atoms with Crippen molar-refractivity contribution in [2.75, 3.05) is 20.3 Å². The minimum Gasteiger partial charge on any atom is -0.497 e. The molecule has 0 aliphatic carbocycles. The number of carboxylic acids is 1. The molecule has 0 aromatic heterocycles. The number of quaternary nitrogens is 1. The standard InChI is InChI=1S/C24H31NO7/c1-5-30-21-11-6-17(15-22(23(26)27)32-16(2)3)14-18(21)12-13-31-24(28)25-19-7-9-20(29-4)10-8-19/h6-11,14,16,22H,5,12-13,15H2,1-4H3,(H,25,28)(H,26,27)/p+1. The predicted molar refractivity (Wildman–Crippen MR) is 119 cm³/mol. The molecule has 0 heterocycles. The number of benzene rings is 2. The van der Waals surface area contributed by atoms with Crippen LogP contribution in [0.5, 0.6) is 11.5 Å². The Bertz CT molecular complexity index is 880. The first-order chi connectivity index (χ1) is 15.3. The van der Waals surface area contributed by atoms with Gasteiger partial charge in [-0.15, -0.1) is 0 Å². The number of hydrogen-bond donors (Lipinski definition) is 2. The first kappa shape index (κ1) is 25.2. The number of carbonyl (C=O) groups excluding carboxylic acids is 1. The first-order valence-electron chi connectivity index (χ1n) is 10.6. The summed E-state index contributed by atoms with van der Waals surface area (Å²) in [5.74, 6) is 0.392. The molecule has 1 unspecified atom stereocenters. The molecule has 2 aromatic rings. The highest BCUT2D eigenvalue weighted by atomic mass is 16.5. The van der Waals surface area contributed by atoms with Crippen molar-refractivity contribution in [1.29, 1.82) is 0 Å². The number of amides is 1. The van der Waals surface area contributed by atoms with Gasteiger partial charge in [-0.2, -0.15) is 4.79 Å². The van der Waals surface area contributed by atoms with Crippen LogP contribution in [-0.2, 0) is 27.1 Å². The summed E-state index contributed by atoms with van der Waals surface area (Å²) < 4.78 is 21.6. The van der Waals surface area contributed by atoms with Crippen LogP contribution in [0.15, 0.2) is 42.5 Å². The Balaban J connectivity index is 1.99. The number of aliphatic carboxylic acids is 1. The second-order valence-electron chi connectivity index (χ2n) is 7.43. The summed E-state index contributed by atoms with van der Waals surface area (Å²) in [6.07, 6.45) is -0.899. The van der Waals surface area contributed by atoms with Gasteiger partial charge in [-0.3, -0.25) is 0 Å². The molecule has 1 amide bonds. The molecule has 174 valence electrons. The van der Waals surface area contributed by atoms with Crippen LogP contribution in [0.2, 0.25) is 0 Å². The van der Waals surface area contributed by atoms with E-state index in [1.165, 1.54) is 5.32 Å². The van der Waals surface area contributed by atoms with E-state index in [1.807, 2.05) is 25.1 Å². The molecule has 0 saturated carbocycles. The highest BCUT2D eigenvalue weighted by molar-refractivity contribution is 5.72. The molecule has 0 fully saturated rings. The molecule has 0 saturated heterocycles. The Morgan fingerprint density at radius 2 is 1.81 bits per heavy atom. The van der Waals surface area contributed by atoms with E-state index in [9.17, 15) is 14.7 Å². The van der Waals surface area contributed by atoms with Gasteiger partial charge in [0.05, 0.1) is 19.8 Å². The fourth-order valence-corrected chi connectivity index (χ4v) is 3.13. The van der Waals surface area contributed by atoms with Crippen LogP contribution in [0.4, 0.5) is 10.5 Å². The van der Waals surface area contributed by atoms with E-state index in [4.69, 9.17) is 18.9 Å². The molecular weight excluding hydrogens is 414 g/mol. The topological polar surface area (TPSA) is 108 Å². The lowest BCUT2D eigenvalue weighted by Gasteiger charge is -2.18. The zero-order valence-corrected chi connectivity index (χ0v) is 19.0. The van der Waals surface area contributed by atoms with E-state index in [2.05, 4.69) is 0 Å². The number of ether oxygens (including phenoxy) is 4. The summed E-state index contributed by atoms with van der Waals surface area (Å²) in [7, 11) is 1.58. The minimum absolute atomic E-state index is 0.167. The first-order valence-corrected chi connectivity index (χ1v) is 10.6. The average Bonchev–Trinajstić information content (AvgIpc) is 2.75. The van der Waals surface area contributed by atoms with Gasteiger partial charge in [0, 0.05) is 25.0 Å². The smallest absolute Gasteiger partial charge is 0.497 e. The molecule has 32 heavy (non-hydrogen) atoms. The lowest BCUT2D eigenvalue weighted by Crippen LogP contribution is -2.82. The van der Waals surface area contributed by atoms with Crippen LogP contribution < -0.4 is 14.8 Å². The van der Waals surface area contributed by atoms with E-state index in [1.54, 1.807) is 45.2 Å². The van der Waals surface area contributed by atoms with Crippen molar-refractivity contribution in [3.05, 3.63) is 53.6 Å². The maximum Gasteiger partial charge on any atom is 0.517 e. The number of nitrogens with two attached hydrogens (primary N) is 1. The van der Waals surface area contributed by atoms with Gasteiger partial charge in [0.1, 0.15) is 23.8 Å². The Morgan fingerprint density at radius 3 is 2.41 bits per heavy atom. The molecule has 2 aromatic carbocycles. The lowest BCUT2D eigenvalue weighted by molar-refractivity contribution is -0.482. The third kappa shape index (κ3) is 8.20. The van der Waals surface area contributed by atoms with Gasteiger partial charge in [-0.05, 0) is 50.1 Å². The monoisotopic (exact) mass is 446 g/mol. The zero-order valence-electron chi connectivity index (χ0n) is 19.0. The van der Waals surface area contributed by atoms with Gasteiger partial charge in [0.15, 0.2) is 6.10 Å². The molecule has 8 nitrogen and oxygen atoms in total. The molecule has 2 rings (SSSR count). The van der Waals surface area contributed by atoms with Crippen LogP contribution in [0, 0.1) is 0 Å². The van der Waals surface area contributed by atoms with Crippen LogP contribution in [0.25, 0.3) is 0 Å². The molecule has 0 spiro atoms. The van der Waals surface area contributed by atoms with E-state index < -0.39 is 18.2 Å². The molecule has 0 aliphatic heterocycles. The maximum atomic E-state index is 12.1. The SMILES string of the molecule is CCOc1ccc(CC(OC(C)C)C(=O)O)cc1CCOC(=O)[NH2+]c1ccc(OC)cc1. The largest absolute Gasteiger partial charge is 0.517 e. The number of methoxy groups -OCH3 is 1. The Kier molecular flexibility index (Phi) is 9.97. The van der Waals surface area contributed by atoms with Gasteiger partial charge in [-0.25, -0.2) is 10.1 Å². The second-order valence-corrected chi connectivity index (χ2v) is 7.43. The van der Waals surface area contributed by atoms with Gasteiger partial charge >= 0.3 is 12.1 Å².